The maximum atomic E-state index is 13.3. The van der Waals surface area contributed by atoms with Crippen LogP contribution in [0.25, 0.3) is 0 Å². The summed E-state index contributed by atoms with van der Waals surface area (Å²) in [5, 5.41) is 15.1. The lowest BCUT2D eigenvalue weighted by Gasteiger charge is -2.13. The molecular formula is C14H21FN2O4. The Morgan fingerprint density at radius 2 is 2.19 bits per heavy atom. The fourth-order valence-electron chi connectivity index (χ4n) is 1.51. The smallest absolute Gasteiger partial charge is 0.234 e. The molecule has 0 radical (unpaired) electrons. The van der Waals surface area contributed by atoms with Crippen LogP contribution in [0.4, 0.5) is 4.39 Å². The first-order valence-electron chi connectivity index (χ1n) is 6.65. The van der Waals surface area contributed by atoms with Crippen molar-refractivity contribution < 1.29 is 23.8 Å². The topological polar surface area (TPSA) is 79.8 Å². The molecule has 0 bridgehead atoms. The molecule has 0 spiro atoms. The van der Waals surface area contributed by atoms with Crippen LogP contribution in [0.1, 0.15) is 0 Å². The highest BCUT2D eigenvalue weighted by molar-refractivity contribution is 5.77. The second-order valence-corrected chi connectivity index (χ2v) is 4.37. The summed E-state index contributed by atoms with van der Waals surface area (Å²) < 4.78 is 23.2. The zero-order chi connectivity index (χ0) is 15.5. The van der Waals surface area contributed by atoms with Gasteiger partial charge in [0, 0.05) is 20.2 Å². The van der Waals surface area contributed by atoms with E-state index in [2.05, 4.69) is 10.6 Å². The molecule has 118 valence electrons. The number of rotatable bonds is 10. The highest BCUT2D eigenvalue weighted by Gasteiger charge is 2.08. The highest BCUT2D eigenvalue weighted by atomic mass is 19.1. The predicted octanol–water partition coefficient (Wildman–Crippen LogP) is -0.0824. The second kappa shape index (κ2) is 10.1. The van der Waals surface area contributed by atoms with Crippen molar-refractivity contribution in [2.24, 2.45) is 0 Å². The summed E-state index contributed by atoms with van der Waals surface area (Å²) in [6, 6.07) is 5.97. The largest absolute Gasteiger partial charge is 0.488 e. The number of ether oxygens (including phenoxy) is 2. The summed E-state index contributed by atoms with van der Waals surface area (Å²) in [7, 11) is 1.55. The maximum absolute atomic E-state index is 13.3. The van der Waals surface area contributed by atoms with E-state index < -0.39 is 11.9 Å². The average molecular weight is 300 g/mol. The third-order valence-electron chi connectivity index (χ3n) is 2.56. The van der Waals surface area contributed by atoms with Gasteiger partial charge in [0.2, 0.25) is 5.91 Å². The first-order chi connectivity index (χ1) is 10.1. The van der Waals surface area contributed by atoms with Gasteiger partial charge in [-0.25, -0.2) is 4.39 Å². The van der Waals surface area contributed by atoms with Crippen LogP contribution in [0.3, 0.4) is 0 Å². The van der Waals surface area contributed by atoms with Crippen LogP contribution in [0, 0.1) is 5.82 Å². The number of halogens is 1. The van der Waals surface area contributed by atoms with Crippen molar-refractivity contribution in [1.82, 2.24) is 10.6 Å². The van der Waals surface area contributed by atoms with E-state index >= 15 is 0 Å². The Bertz CT molecular complexity index is 431. The summed E-state index contributed by atoms with van der Waals surface area (Å²) in [5.41, 5.74) is 0. The van der Waals surface area contributed by atoms with Gasteiger partial charge in [-0.05, 0) is 12.1 Å². The Balaban J connectivity index is 2.13. The van der Waals surface area contributed by atoms with E-state index in [4.69, 9.17) is 9.47 Å². The summed E-state index contributed by atoms with van der Waals surface area (Å²) in [4.78, 5) is 11.3. The SMILES string of the molecule is COCCNC(=O)CNCC(O)COc1ccccc1F. The molecule has 0 saturated heterocycles. The van der Waals surface area contributed by atoms with Gasteiger partial charge >= 0.3 is 0 Å². The molecule has 21 heavy (non-hydrogen) atoms. The van der Waals surface area contributed by atoms with Crippen LogP contribution >= 0.6 is 0 Å². The molecule has 3 N–H and O–H groups in total. The number of methoxy groups -OCH3 is 1. The third-order valence-corrected chi connectivity index (χ3v) is 2.56. The monoisotopic (exact) mass is 300 g/mol. The number of nitrogens with one attached hydrogen (secondary N) is 2. The lowest BCUT2D eigenvalue weighted by atomic mass is 10.3. The third kappa shape index (κ3) is 7.60. The molecule has 0 aliphatic rings. The van der Waals surface area contributed by atoms with Crippen LogP contribution in [-0.2, 0) is 9.53 Å². The number of carbonyl (C=O) groups is 1. The van der Waals surface area contributed by atoms with E-state index in [0.717, 1.165) is 0 Å². The predicted molar refractivity (Wildman–Crippen MR) is 75.7 cm³/mol. The minimum atomic E-state index is -0.837. The fraction of sp³-hybridized carbons (Fsp3) is 0.500. The molecule has 0 fully saturated rings. The normalized spacial score (nSPS) is 12.0. The van der Waals surface area contributed by atoms with Gasteiger partial charge in [-0.3, -0.25) is 4.79 Å². The van der Waals surface area contributed by atoms with E-state index in [1.165, 1.54) is 12.1 Å². The van der Waals surface area contributed by atoms with Crippen molar-refractivity contribution in [3.8, 4) is 5.75 Å². The number of hydrogen-bond donors (Lipinski definition) is 3. The molecule has 0 aromatic heterocycles. The zero-order valence-corrected chi connectivity index (χ0v) is 12.0. The Labute approximate surface area is 123 Å². The molecule has 1 aromatic rings. The highest BCUT2D eigenvalue weighted by Crippen LogP contribution is 2.15. The van der Waals surface area contributed by atoms with Crippen molar-refractivity contribution >= 4 is 5.91 Å². The van der Waals surface area contributed by atoms with E-state index in [1.807, 2.05) is 0 Å². The molecule has 7 heteroatoms. The lowest BCUT2D eigenvalue weighted by molar-refractivity contribution is -0.120. The first-order valence-corrected chi connectivity index (χ1v) is 6.65. The number of aliphatic hydroxyl groups excluding tert-OH is 1. The minimum absolute atomic E-state index is 0.0563. The molecule has 6 nitrogen and oxygen atoms in total. The van der Waals surface area contributed by atoms with E-state index in [-0.39, 0.29) is 31.4 Å². The van der Waals surface area contributed by atoms with Gasteiger partial charge in [0.25, 0.3) is 0 Å². The molecule has 0 saturated carbocycles. The molecular weight excluding hydrogens is 279 g/mol. The van der Waals surface area contributed by atoms with Gasteiger partial charge in [-0.2, -0.15) is 0 Å². The first kappa shape index (κ1) is 17.4. The number of aliphatic hydroxyl groups is 1. The van der Waals surface area contributed by atoms with Gasteiger partial charge in [-0.1, -0.05) is 12.1 Å². The quantitative estimate of drug-likeness (QED) is 0.527. The van der Waals surface area contributed by atoms with Crippen LogP contribution in [0.15, 0.2) is 24.3 Å². The van der Waals surface area contributed by atoms with Crippen LogP contribution < -0.4 is 15.4 Å². The molecule has 0 aliphatic carbocycles. The molecule has 1 amide bonds. The minimum Gasteiger partial charge on any atom is -0.488 e. The summed E-state index contributed by atoms with van der Waals surface area (Å²) in [6.45, 7) is 1.09. The summed E-state index contributed by atoms with van der Waals surface area (Å²) in [5.74, 6) is -0.571. The zero-order valence-electron chi connectivity index (χ0n) is 12.0. The standard InChI is InChI=1S/C14H21FN2O4/c1-20-7-6-17-14(19)9-16-8-11(18)10-21-13-5-3-2-4-12(13)15/h2-5,11,16,18H,6-10H2,1H3,(H,17,19). The van der Waals surface area contributed by atoms with Crippen LogP contribution in [0.2, 0.25) is 0 Å². The van der Waals surface area contributed by atoms with Gasteiger partial charge in [0.05, 0.1) is 13.2 Å². The Morgan fingerprint density at radius 1 is 1.43 bits per heavy atom. The van der Waals surface area contributed by atoms with Crippen molar-refractivity contribution in [2.75, 3.05) is 40.0 Å². The number of amides is 1. The van der Waals surface area contributed by atoms with E-state index in [9.17, 15) is 14.3 Å². The van der Waals surface area contributed by atoms with Gasteiger partial charge < -0.3 is 25.2 Å². The molecule has 0 heterocycles. The fourth-order valence-corrected chi connectivity index (χ4v) is 1.51. The van der Waals surface area contributed by atoms with Crippen LogP contribution in [0.5, 0.6) is 5.75 Å². The maximum Gasteiger partial charge on any atom is 0.234 e. The summed E-state index contributed by atoms with van der Waals surface area (Å²) in [6.07, 6.45) is -0.837. The Hall–Kier alpha value is -1.70. The number of hydrogen-bond acceptors (Lipinski definition) is 5. The molecule has 1 rings (SSSR count). The Morgan fingerprint density at radius 3 is 2.90 bits per heavy atom. The molecule has 1 aromatic carbocycles. The Kier molecular flexibility index (Phi) is 8.34. The van der Waals surface area contributed by atoms with Crippen LogP contribution in [-0.4, -0.2) is 57.1 Å². The number of benzene rings is 1. The average Bonchev–Trinajstić information content (AvgIpc) is 2.47. The lowest BCUT2D eigenvalue weighted by Crippen LogP contribution is -2.39. The van der Waals surface area contributed by atoms with Gasteiger partial charge in [0.15, 0.2) is 11.6 Å². The van der Waals surface area contributed by atoms with E-state index in [1.54, 1.807) is 19.2 Å². The van der Waals surface area contributed by atoms with Gasteiger partial charge in [-0.15, -0.1) is 0 Å². The van der Waals surface area contributed by atoms with Gasteiger partial charge in [0.1, 0.15) is 12.7 Å². The molecule has 1 atom stereocenters. The summed E-state index contributed by atoms with van der Waals surface area (Å²) >= 11 is 0. The van der Waals surface area contributed by atoms with Crippen molar-refractivity contribution in [2.45, 2.75) is 6.10 Å². The second-order valence-electron chi connectivity index (χ2n) is 4.37. The molecule has 0 aliphatic heterocycles. The van der Waals surface area contributed by atoms with E-state index in [0.29, 0.717) is 13.2 Å². The van der Waals surface area contributed by atoms with Crippen molar-refractivity contribution in [1.29, 1.82) is 0 Å². The van der Waals surface area contributed by atoms with Crippen molar-refractivity contribution in [3.05, 3.63) is 30.1 Å². The number of para-hydroxylation sites is 1. The van der Waals surface area contributed by atoms with Crippen molar-refractivity contribution in [3.63, 3.8) is 0 Å². The molecule has 1 unspecified atom stereocenters. The number of carbonyl (C=O) groups excluding carboxylic acids is 1.